The molecule has 0 radical (unpaired) electrons. The van der Waals surface area contributed by atoms with Crippen molar-refractivity contribution >= 4 is 28.2 Å². The Morgan fingerprint density at radius 3 is 2.60 bits per heavy atom. The molecule has 1 unspecified atom stereocenters. The Morgan fingerprint density at radius 1 is 1.13 bits per heavy atom. The van der Waals surface area contributed by atoms with E-state index in [0.29, 0.717) is 27.6 Å². The van der Waals surface area contributed by atoms with Gasteiger partial charge in [-0.3, -0.25) is 9.59 Å². The van der Waals surface area contributed by atoms with Gasteiger partial charge in [0.2, 0.25) is 0 Å². The second-order valence-corrected chi connectivity index (χ2v) is 8.32. The number of nitrogens with two attached hydrogens (primary N) is 1. The van der Waals surface area contributed by atoms with Crippen LogP contribution in [0, 0.1) is 0 Å². The molecule has 3 aromatic rings. The van der Waals surface area contributed by atoms with Crippen molar-refractivity contribution in [3.63, 3.8) is 0 Å². The number of carbonyl (C=O) groups is 2. The van der Waals surface area contributed by atoms with Crippen LogP contribution in [-0.4, -0.2) is 24.9 Å². The standard InChI is InChI=1S/C23H23N3O3S/c1-2-26-13-12-17-19(14-26)30-23(20(17)21(24)27)25-22(28)16-10-6-7-11-18(16)29-15-8-4-3-5-9-15/h3-11H,2,12-14H2,1H3,(H2,24,27)(H,25,28)/p+1. The van der Waals surface area contributed by atoms with Crippen molar-refractivity contribution in [1.82, 2.24) is 0 Å². The highest BCUT2D eigenvalue weighted by Crippen LogP contribution is 2.35. The molecular formula is C23H24N3O3S+. The summed E-state index contributed by atoms with van der Waals surface area (Å²) in [6.07, 6.45) is 0.789. The molecule has 2 amide bonds. The van der Waals surface area contributed by atoms with Crippen LogP contribution >= 0.6 is 11.3 Å². The van der Waals surface area contributed by atoms with Gasteiger partial charge in [0.05, 0.1) is 29.1 Å². The predicted octanol–water partition coefficient (Wildman–Crippen LogP) is 2.85. The minimum atomic E-state index is -0.503. The fourth-order valence-electron chi connectivity index (χ4n) is 3.72. The van der Waals surface area contributed by atoms with Crippen LogP contribution < -0.4 is 20.7 Å². The van der Waals surface area contributed by atoms with E-state index in [9.17, 15) is 9.59 Å². The Morgan fingerprint density at radius 2 is 1.87 bits per heavy atom. The lowest BCUT2D eigenvalue weighted by molar-refractivity contribution is -0.913. The number of hydrogen-bond acceptors (Lipinski definition) is 4. The van der Waals surface area contributed by atoms with E-state index in [2.05, 4.69) is 12.2 Å². The summed E-state index contributed by atoms with van der Waals surface area (Å²) in [7, 11) is 0. The van der Waals surface area contributed by atoms with Crippen molar-refractivity contribution in [1.29, 1.82) is 0 Å². The van der Waals surface area contributed by atoms with E-state index >= 15 is 0 Å². The zero-order valence-electron chi connectivity index (χ0n) is 16.7. The number of para-hydroxylation sites is 2. The van der Waals surface area contributed by atoms with Gasteiger partial charge in [-0.25, -0.2) is 0 Å². The minimum Gasteiger partial charge on any atom is -0.457 e. The predicted molar refractivity (Wildman–Crippen MR) is 118 cm³/mol. The third kappa shape index (κ3) is 4.08. The molecule has 1 aliphatic rings. The van der Waals surface area contributed by atoms with E-state index in [1.807, 2.05) is 36.4 Å². The summed E-state index contributed by atoms with van der Waals surface area (Å²) < 4.78 is 5.90. The SMILES string of the molecule is CC[NH+]1CCc2c(sc(NC(=O)c3ccccc3Oc3ccccc3)c2C(N)=O)C1. The van der Waals surface area contributed by atoms with Crippen LogP contribution in [-0.2, 0) is 13.0 Å². The zero-order chi connectivity index (χ0) is 21.1. The number of ether oxygens (including phenoxy) is 1. The first-order chi connectivity index (χ1) is 14.6. The molecule has 154 valence electrons. The van der Waals surface area contributed by atoms with E-state index in [1.54, 1.807) is 18.2 Å². The average molecular weight is 423 g/mol. The molecule has 0 fully saturated rings. The summed E-state index contributed by atoms with van der Waals surface area (Å²) in [5, 5.41) is 3.43. The molecule has 4 N–H and O–H groups in total. The van der Waals surface area contributed by atoms with E-state index in [4.69, 9.17) is 10.5 Å². The van der Waals surface area contributed by atoms with E-state index < -0.39 is 5.91 Å². The maximum Gasteiger partial charge on any atom is 0.260 e. The van der Waals surface area contributed by atoms with Crippen LogP contribution in [0.2, 0.25) is 0 Å². The Bertz CT molecular complexity index is 1080. The molecule has 0 saturated heterocycles. The number of quaternary nitrogens is 1. The molecule has 1 atom stereocenters. The molecule has 0 aliphatic carbocycles. The lowest BCUT2D eigenvalue weighted by Crippen LogP contribution is -3.11. The van der Waals surface area contributed by atoms with Crippen molar-refractivity contribution in [3.05, 3.63) is 76.2 Å². The number of hydrogen-bond donors (Lipinski definition) is 3. The van der Waals surface area contributed by atoms with Crippen molar-refractivity contribution in [3.8, 4) is 11.5 Å². The second-order valence-electron chi connectivity index (χ2n) is 7.22. The van der Waals surface area contributed by atoms with Gasteiger partial charge < -0.3 is 20.7 Å². The molecule has 0 spiro atoms. The average Bonchev–Trinajstić information content (AvgIpc) is 3.11. The molecule has 2 aromatic carbocycles. The molecule has 1 aliphatic heterocycles. The Balaban J connectivity index is 1.62. The minimum absolute atomic E-state index is 0.331. The van der Waals surface area contributed by atoms with E-state index in [1.165, 1.54) is 16.2 Å². The van der Waals surface area contributed by atoms with Gasteiger partial charge in [0, 0.05) is 6.42 Å². The number of primary amides is 1. The Labute approximate surface area is 179 Å². The molecule has 2 heterocycles. The lowest BCUT2D eigenvalue weighted by Gasteiger charge is -2.22. The third-order valence-corrected chi connectivity index (χ3v) is 6.45. The normalized spacial score (nSPS) is 15.3. The van der Waals surface area contributed by atoms with Crippen molar-refractivity contribution in [2.24, 2.45) is 5.73 Å². The molecular weight excluding hydrogens is 398 g/mol. The van der Waals surface area contributed by atoms with Gasteiger partial charge >= 0.3 is 0 Å². The van der Waals surface area contributed by atoms with E-state index in [-0.39, 0.29) is 5.91 Å². The number of anilines is 1. The molecule has 4 rings (SSSR count). The van der Waals surface area contributed by atoms with Gasteiger partial charge in [0.1, 0.15) is 23.0 Å². The van der Waals surface area contributed by atoms with Crippen molar-refractivity contribution in [2.75, 3.05) is 18.4 Å². The molecule has 30 heavy (non-hydrogen) atoms. The highest BCUT2D eigenvalue weighted by atomic mass is 32.1. The number of benzene rings is 2. The van der Waals surface area contributed by atoms with Gasteiger partial charge in [0.25, 0.3) is 11.8 Å². The summed E-state index contributed by atoms with van der Waals surface area (Å²) in [5.74, 6) is 0.258. The number of amides is 2. The van der Waals surface area contributed by atoms with Crippen LogP contribution in [0.15, 0.2) is 54.6 Å². The quantitative estimate of drug-likeness (QED) is 0.571. The maximum absolute atomic E-state index is 13.1. The zero-order valence-corrected chi connectivity index (χ0v) is 17.6. The van der Waals surface area contributed by atoms with Crippen LogP contribution in [0.4, 0.5) is 5.00 Å². The molecule has 1 aromatic heterocycles. The van der Waals surface area contributed by atoms with Crippen molar-refractivity contribution in [2.45, 2.75) is 19.9 Å². The fourth-order valence-corrected chi connectivity index (χ4v) is 5.04. The molecule has 6 nitrogen and oxygen atoms in total. The fraction of sp³-hybridized carbons (Fsp3) is 0.217. The van der Waals surface area contributed by atoms with Crippen LogP contribution in [0.1, 0.15) is 38.1 Å². The number of likely N-dealkylation sites (N-methyl/N-ethyl adjacent to an activating group) is 1. The van der Waals surface area contributed by atoms with E-state index in [0.717, 1.165) is 36.5 Å². The monoisotopic (exact) mass is 422 g/mol. The van der Waals surface area contributed by atoms with Gasteiger partial charge in [-0.05, 0) is 36.8 Å². The molecule has 0 saturated carbocycles. The summed E-state index contributed by atoms with van der Waals surface area (Å²) in [5.41, 5.74) is 7.50. The highest BCUT2D eigenvalue weighted by molar-refractivity contribution is 7.17. The second kappa shape index (κ2) is 8.69. The Hall–Kier alpha value is -3.16. The Kier molecular flexibility index (Phi) is 5.83. The van der Waals surface area contributed by atoms with Crippen LogP contribution in [0.25, 0.3) is 0 Å². The summed E-state index contributed by atoms with van der Waals surface area (Å²) in [4.78, 5) is 27.8. The maximum atomic E-state index is 13.1. The molecule has 7 heteroatoms. The first-order valence-corrected chi connectivity index (χ1v) is 10.8. The van der Waals surface area contributed by atoms with Gasteiger partial charge in [-0.15, -0.1) is 11.3 Å². The topological polar surface area (TPSA) is 85.9 Å². The number of thiophene rings is 1. The van der Waals surface area contributed by atoms with Gasteiger partial charge in [-0.1, -0.05) is 30.3 Å². The number of carbonyl (C=O) groups excluding carboxylic acids is 2. The number of nitrogens with one attached hydrogen (secondary N) is 2. The van der Waals surface area contributed by atoms with Crippen LogP contribution in [0.3, 0.4) is 0 Å². The third-order valence-electron chi connectivity index (χ3n) is 5.31. The lowest BCUT2D eigenvalue weighted by atomic mass is 10.0. The van der Waals surface area contributed by atoms with Crippen LogP contribution in [0.5, 0.6) is 11.5 Å². The largest absolute Gasteiger partial charge is 0.457 e. The summed E-state index contributed by atoms with van der Waals surface area (Å²) in [6.45, 7) is 4.98. The van der Waals surface area contributed by atoms with Gasteiger partial charge in [0.15, 0.2) is 0 Å². The van der Waals surface area contributed by atoms with Gasteiger partial charge in [-0.2, -0.15) is 0 Å². The summed E-state index contributed by atoms with van der Waals surface area (Å²) >= 11 is 1.45. The number of fused-ring (bicyclic) bond motifs is 1. The summed E-state index contributed by atoms with van der Waals surface area (Å²) in [6, 6.07) is 16.3. The smallest absolute Gasteiger partial charge is 0.260 e. The first-order valence-electron chi connectivity index (χ1n) is 9.98. The first kappa shape index (κ1) is 20.1. The number of rotatable bonds is 6. The van der Waals surface area contributed by atoms with Crippen molar-refractivity contribution < 1.29 is 19.2 Å². The molecule has 0 bridgehead atoms. The highest BCUT2D eigenvalue weighted by Gasteiger charge is 2.29.